The Hall–Kier alpha value is -3.14. The molecule has 1 heterocycles. The number of carbonyl (C=O) groups is 1. The summed E-state index contributed by atoms with van der Waals surface area (Å²) < 4.78 is 0. The van der Waals surface area contributed by atoms with Gasteiger partial charge in [-0.25, -0.2) is 4.98 Å². The number of hydrogen-bond acceptors (Lipinski definition) is 3. The zero-order valence-corrected chi connectivity index (χ0v) is 14.9. The fourth-order valence-electron chi connectivity index (χ4n) is 2.76. The number of aromatic nitrogens is 1. The Morgan fingerprint density at radius 2 is 1.73 bits per heavy atom. The highest BCUT2D eigenvalue weighted by Crippen LogP contribution is 2.17. The molecule has 2 aromatic carbocycles. The van der Waals surface area contributed by atoms with Gasteiger partial charge in [-0.2, -0.15) is 0 Å². The first-order valence-corrected chi connectivity index (χ1v) is 8.89. The maximum Gasteiger partial charge on any atom is 0.257 e. The third-order valence-corrected chi connectivity index (χ3v) is 4.23. The van der Waals surface area contributed by atoms with Crippen LogP contribution in [0.25, 0.3) is 0 Å². The van der Waals surface area contributed by atoms with Crippen molar-refractivity contribution in [1.29, 1.82) is 0 Å². The lowest BCUT2D eigenvalue weighted by Crippen LogP contribution is -2.14. The standard InChI is InChI=1S/C22H23N3O/c1-2-18-10-6-7-11-20(18)25-22(26)19-12-13-21(24-16-19)23-15-14-17-8-4-3-5-9-17/h3-13,16H,2,14-15H2,1H3,(H,23,24)(H,25,26). The molecule has 0 atom stereocenters. The van der Waals surface area contributed by atoms with Crippen molar-refractivity contribution in [2.24, 2.45) is 0 Å². The molecular formula is C22H23N3O. The highest BCUT2D eigenvalue weighted by Gasteiger charge is 2.08. The van der Waals surface area contributed by atoms with Gasteiger partial charge < -0.3 is 10.6 Å². The Kier molecular flexibility index (Phi) is 5.99. The van der Waals surface area contributed by atoms with Gasteiger partial charge >= 0.3 is 0 Å². The summed E-state index contributed by atoms with van der Waals surface area (Å²) in [6.07, 6.45) is 3.41. The lowest BCUT2D eigenvalue weighted by molar-refractivity contribution is 0.102. The summed E-state index contributed by atoms with van der Waals surface area (Å²) >= 11 is 0. The monoisotopic (exact) mass is 345 g/mol. The third kappa shape index (κ3) is 4.70. The normalized spacial score (nSPS) is 10.3. The molecule has 0 saturated heterocycles. The number of rotatable bonds is 7. The van der Waals surface area contributed by atoms with Crippen molar-refractivity contribution in [2.75, 3.05) is 17.2 Å². The molecule has 132 valence electrons. The van der Waals surface area contributed by atoms with E-state index in [1.807, 2.05) is 48.5 Å². The molecule has 2 N–H and O–H groups in total. The van der Waals surface area contributed by atoms with Crippen LogP contribution < -0.4 is 10.6 Å². The molecule has 0 aliphatic heterocycles. The number of amides is 1. The predicted octanol–water partition coefficient (Wildman–Crippen LogP) is 4.55. The van der Waals surface area contributed by atoms with Crippen molar-refractivity contribution < 1.29 is 4.79 Å². The number of nitrogens with one attached hydrogen (secondary N) is 2. The zero-order chi connectivity index (χ0) is 18.2. The number of pyridine rings is 1. The zero-order valence-electron chi connectivity index (χ0n) is 14.9. The molecule has 0 saturated carbocycles. The third-order valence-electron chi connectivity index (χ3n) is 4.23. The molecule has 3 rings (SSSR count). The number of hydrogen-bond donors (Lipinski definition) is 2. The number of para-hydroxylation sites is 1. The van der Waals surface area contributed by atoms with E-state index in [0.717, 1.165) is 36.5 Å². The molecule has 0 fully saturated rings. The van der Waals surface area contributed by atoms with E-state index in [2.05, 4.69) is 34.7 Å². The molecule has 0 unspecified atom stereocenters. The Morgan fingerprint density at radius 1 is 0.962 bits per heavy atom. The molecule has 0 bridgehead atoms. The molecule has 3 aromatic rings. The Labute approximate surface area is 154 Å². The first-order chi connectivity index (χ1) is 12.8. The van der Waals surface area contributed by atoms with E-state index in [4.69, 9.17) is 0 Å². The molecule has 0 radical (unpaired) electrons. The maximum absolute atomic E-state index is 12.4. The molecule has 0 spiro atoms. The smallest absolute Gasteiger partial charge is 0.257 e. The van der Waals surface area contributed by atoms with Gasteiger partial charge in [-0.1, -0.05) is 55.5 Å². The van der Waals surface area contributed by atoms with Crippen molar-refractivity contribution in [2.45, 2.75) is 19.8 Å². The van der Waals surface area contributed by atoms with Crippen LogP contribution in [0.5, 0.6) is 0 Å². The number of nitrogens with zero attached hydrogens (tertiary/aromatic N) is 1. The molecule has 1 aromatic heterocycles. The average Bonchev–Trinajstić information content (AvgIpc) is 2.70. The van der Waals surface area contributed by atoms with Crippen LogP contribution in [-0.2, 0) is 12.8 Å². The van der Waals surface area contributed by atoms with Gasteiger partial charge in [-0.05, 0) is 42.2 Å². The minimum atomic E-state index is -0.144. The average molecular weight is 345 g/mol. The highest BCUT2D eigenvalue weighted by molar-refractivity contribution is 6.04. The van der Waals surface area contributed by atoms with E-state index >= 15 is 0 Å². The summed E-state index contributed by atoms with van der Waals surface area (Å²) in [6.45, 7) is 2.87. The van der Waals surface area contributed by atoms with Crippen molar-refractivity contribution in [3.63, 3.8) is 0 Å². The van der Waals surface area contributed by atoms with Gasteiger partial charge in [0.2, 0.25) is 0 Å². The number of carbonyl (C=O) groups excluding carboxylic acids is 1. The van der Waals surface area contributed by atoms with Crippen molar-refractivity contribution >= 4 is 17.4 Å². The molecule has 26 heavy (non-hydrogen) atoms. The highest BCUT2D eigenvalue weighted by atomic mass is 16.1. The summed E-state index contributed by atoms with van der Waals surface area (Å²) in [5.74, 6) is 0.626. The Morgan fingerprint density at radius 3 is 2.46 bits per heavy atom. The first kappa shape index (κ1) is 17.7. The second-order valence-electron chi connectivity index (χ2n) is 6.06. The van der Waals surface area contributed by atoms with Crippen molar-refractivity contribution in [1.82, 2.24) is 4.98 Å². The SMILES string of the molecule is CCc1ccccc1NC(=O)c1ccc(NCCc2ccccc2)nc1. The van der Waals surface area contributed by atoms with Gasteiger partial charge in [0.05, 0.1) is 5.56 Å². The van der Waals surface area contributed by atoms with Crippen LogP contribution in [0.4, 0.5) is 11.5 Å². The van der Waals surface area contributed by atoms with Crippen LogP contribution in [0.3, 0.4) is 0 Å². The van der Waals surface area contributed by atoms with Crippen molar-refractivity contribution in [3.05, 3.63) is 89.6 Å². The van der Waals surface area contributed by atoms with Gasteiger partial charge in [-0.3, -0.25) is 4.79 Å². The van der Waals surface area contributed by atoms with E-state index in [1.165, 1.54) is 5.56 Å². The summed E-state index contributed by atoms with van der Waals surface area (Å²) in [6, 6.07) is 21.8. The summed E-state index contributed by atoms with van der Waals surface area (Å²) in [5.41, 5.74) is 3.80. The minimum Gasteiger partial charge on any atom is -0.370 e. The van der Waals surface area contributed by atoms with Gasteiger partial charge in [0.25, 0.3) is 5.91 Å². The van der Waals surface area contributed by atoms with Crippen LogP contribution in [0.1, 0.15) is 28.4 Å². The van der Waals surface area contributed by atoms with Crippen molar-refractivity contribution in [3.8, 4) is 0 Å². The van der Waals surface area contributed by atoms with Gasteiger partial charge in [0, 0.05) is 18.4 Å². The van der Waals surface area contributed by atoms with E-state index in [0.29, 0.717) is 5.56 Å². The Balaban J connectivity index is 1.56. The lowest BCUT2D eigenvalue weighted by atomic mass is 10.1. The molecular weight excluding hydrogens is 322 g/mol. The van der Waals surface area contributed by atoms with Crippen LogP contribution >= 0.6 is 0 Å². The van der Waals surface area contributed by atoms with Crippen LogP contribution in [0.15, 0.2) is 72.9 Å². The van der Waals surface area contributed by atoms with Crippen LogP contribution in [0.2, 0.25) is 0 Å². The first-order valence-electron chi connectivity index (χ1n) is 8.89. The molecule has 0 aliphatic carbocycles. The van der Waals surface area contributed by atoms with Crippen LogP contribution in [-0.4, -0.2) is 17.4 Å². The predicted molar refractivity (Wildman–Crippen MR) is 107 cm³/mol. The van der Waals surface area contributed by atoms with Gasteiger partial charge in [0.15, 0.2) is 0 Å². The number of benzene rings is 2. The largest absolute Gasteiger partial charge is 0.370 e. The Bertz CT molecular complexity index is 845. The van der Waals surface area contributed by atoms with Crippen LogP contribution in [0, 0.1) is 0 Å². The fourth-order valence-corrected chi connectivity index (χ4v) is 2.76. The molecule has 4 heteroatoms. The lowest BCUT2D eigenvalue weighted by Gasteiger charge is -2.10. The topological polar surface area (TPSA) is 54.0 Å². The summed E-state index contributed by atoms with van der Waals surface area (Å²) in [7, 11) is 0. The molecule has 0 aliphatic rings. The van der Waals surface area contributed by atoms with E-state index in [9.17, 15) is 4.79 Å². The van der Waals surface area contributed by atoms with E-state index in [1.54, 1.807) is 12.3 Å². The van der Waals surface area contributed by atoms with E-state index in [-0.39, 0.29) is 5.91 Å². The minimum absolute atomic E-state index is 0.144. The van der Waals surface area contributed by atoms with Gasteiger partial charge in [-0.15, -0.1) is 0 Å². The maximum atomic E-state index is 12.4. The summed E-state index contributed by atoms with van der Waals surface area (Å²) in [5, 5.41) is 6.25. The quantitative estimate of drug-likeness (QED) is 0.660. The fraction of sp³-hybridized carbons (Fsp3) is 0.182. The summed E-state index contributed by atoms with van der Waals surface area (Å²) in [4.78, 5) is 16.8. The molecule has 1 amide bonds. The second-order valence-corrected chi connectivity index (χ2v) is 6.06. The van der Waals surface area contributed by atoms with Gasteiger partial charge in [0.1, 0.15) is 5.82 Å². The second kappa shape index (κ2) is 8.81. The molecule has 4 nitrogen and oxygen atoms in total. The van der Waals surface area contributed by atoms with E-state index < -0.39 is 0 Å². The number of aryl methyl sites for hydroxylation is 1. The number of anilines is 2.